The lowest BCUT2D eigenvalue weighted by Gasteiger charge is -2.27. The van der Waals surface area contributed by atoms with Crippen molar-refractivity contribution in [2.45, 2.75) is 58.8 Å². The van der Waals surface area contributed by atoms with E-state index in [1.54, 1.807) is 6.33 Å². The highest BCUT2D eigenvalue weighted by Crippen LogP contribution is 2.31. The number of hydrazine groups is 1. The second-order valence-electron chi connectivity index (χ2n) is 6.64. The number of hydrogen-bond acceptors (Lipinski definition) is 5. The highest BCUT2D eigenvalue weighted by molar-refractivity contribution is 5.58. The summed E-state index contributed by atoms with van der Waals surface area (Å²) in [6.45, 7) is 7.61. The van der Waals surface area contributed by atoms with E-state index in [1.807, 2.05) is 0 Å². The second kappa shape index (κ2) is 7.59. The topological polar surface area (TPSA) is 75.9 Å². The maximum Gasteiger partial charge on any atom is 0.148 e. The molecular formula is C16H29N5. The number of nitrogens with zero attached hydrogens (tertiary/aromatic N) is 2. The SMILES string of the molecule is CC1CCCC(CCNc2ncnc(NN)c2C(C)C)C1. The van der Waals surface area contributed by atoms with Gasteiger partial charge in [-0.05, 0) is 30.6 Å². The molecule has 0 aliphatic heterocycles. The summed E-state index contributed by atoms with van der Waals surface area (Å²) >= 11 is 0. The van der Waals surface area contributed by atoms with Crippen molar-refractivity contribution in [2.24, 2.45) is 17.7 Å². The van der Waals surface area contributed by atoms with Crippen LogP contribution in [0.15, 0.2) is 6.33 Å². The fraction of sp³-hybridized carbons (Fsp3) is 0.750. The summed E-state index contributed by atoms with van der Waals surface area (Å²) in [6, 6.07) is 0. The monoisotopic (exact) mass is 291 g/mol. The summed E-state index contributed by atoms with van der Waals surface area (Å²) in [6.07, 6.45) is 8.32. The van der Waals surface area contributed by atoms with E-state index in [0.717, 1.165) is 29.8 Å². The molecule has 2 unspecified atom stereocenters. The van der Waals surface area contributed by atoms with Crippen LogP contribution in [0.3, 0.4) is 0 Å². The van der Waals surface area contributed by atoms with Crippen LogP contribution in [0.5, 0.6) is 0 Å². The van der Waals surface area contributed by atoms with Crippen LogP contribution in [0.4, 0.5) is 11.6 Å². The standard InChI is InChI=1S/C16H29N5/c1-11(2)14-15(19-10-20-16(14)21-17)18-8-7-13-6-4-5-12(3)9-13/h10-13H,4-9,17H2,1-3H3,(H2,18,19,20,21). The van der Waals surface area contributed by atoms with E-state index in [4.69, 9.17) is 5.84 Å². The Hall–Kier alpha value is -1.36. The smallest absolute Gasteiger partial charge is 0.148 e. The molecule has 4 N–H and O–H groups in total. The number of nitrogen functional groups attached to an aromatic ring is 1. The lowest BCUT2D eigenvalue weighted by atomic mass is 9.81. The highest BCUT2D eigenvalue weighted by Gasteiger charge is 2.19. The van der Waals surface area contributed by atoms with Crippen LogP contribution < -0.4 is 16.6 Å². The normalized spacial score (nSPS) is 22.3. The van der Waals surface area contributed by atoms with Crippen molar-refractivity contribution in [3.8, 4) is 0 Å². The van der Waals surface area contributed by atoms with Gasteiger partial charge in [-0.3, -0.25) is 0 Å². The molecule has 1 aliphatic rings. The van der Waals surface area contributed by atoms with Gasteiger partial charge < -0.3 is 10.7 Å². The Morgan fingerprint density at radius 3 is 2.71 bits per heavy atom. The van der Waals surface area contributed by atoms with Crippen LogP contribution in [-0.4, -0.2) is 16.5 Å². The molecule has 0 bridgehead atoms. The van der Waals surface area contributed by atoms with E-state index in [2.05, 4.69) is 41.5 Å². The molecule has 0 spiro atoms. The average Bonchev–Trinajstić information content (AvgIpc) is 2.46. The summed E-state index contributed by atoms with van der Waals surface area (Å²) in [4.78, 5) is 8.59. The number of anilines is 2. The predicted molar refractivity (Wildman–Crippen MR) is 88.2 cm³/mol. The number of rotatable bonds is 6. The zero-order valence-electron chi connectivity index (χ0n) is 13.5. The summed E-state index contributed by atoms with van der Waals surface area (Å²) < 4.78 is 0. The molecule has 5 heteroatoms. The first-order chi connectivity index (χ1) is 10.1. The number of nitrogens with two attached hydrogens (primary N) is 1. The second-order valence-corrected chi connectivity index (χ2v) is 6.64. The van der Waals surface area contributed by atoms with Gasteiger partial charge in [0.05, 0.1) is 0 Å². The van der Waals surface area contributed by atoms with Gasteiger partial charge >= 0.3 is 0 Å². The van der Waals surface area contributed by atoms with Crippen LogP contribution >= 0.6 is 0 Å². The van der Waals surface area contributed by atoms with Crippen molar-refractivity contribution in [1.29, 1.82) is 0 Å². The molecule has 1 aromatic heterocycles. The number of nitrogens with one attached hydrogen (secondary N) is 2. The summed E-state index contributed by atoms with van der Waals surface area (Å²) in [5.41, 5.74) is 3.74. The zero-order valence-corrected chi connectivity index (χ0v) is 13.5. The fourth-order valence-electron chi connectivity index (χ4n) is 3.41. The Morgan fingerprint density at radius 1 is 1.29 bits per heavy atom. The van der Waals surface area contributed by atoms with Crippen molar-refractivity contribution in [2.75, 3.05) is 17.3 Å². The van der Waals surface area contributed by atoms with E-state index in [0.29, 0.717) is 11.7 Å². The molecule has 1 aliphatic carbocycles. The number of aromatic nitrogens is 2. The third kappa shape index (κ3) is 4.30. The molecule has 118 valence electrons. The van der Waals surface area contributed by atoms with Crippen LogP contribution in [0.25, 0.3) is 0 Å². The van der Waals surface area contributed by atoms with E-state index < -0.39 is 0 Å². The first-order valence-electron chi connectivity index (χ1n) is 8.17. The zero-order chi connectivity index (χ0) is 15.2. The summed E-state index contributed by atoms with van der Waals surface area (Å²) in [5.74, 6) is 9.26. The van der Waals surface area contributed by atoms with E-state index in [9.17, 15) is 0 Å². The maximum atomic E-state index is 5.55. The van der Waals surface area contributed by atoms with Crippen LogP contribution in [-0.2, 0) is 0 Å². The van der Waals surface area contributed by atoms with Gasteiger partial charge in [0, 0.05) is 12.1 Å². The Labute approximate surface area is 128 Å². The van der Waals surface area contributed by atoms with Crippen LogP contribution in [0.2, 0.25) is 0 Å². The minimum absolute atomic E-state index is 0.328. The van der Waals surface area contributed by atoms with Gasteiger partial charge in [-0.15, -0.1) is 0 Å². The Bertz CT molecular complexity index is 446. The number of hydrogen-bond donors (Lipinski definition) is 3. The molecule has 0 radical (unpaired) electrons. The van der Waals surface area contributed by atoms with Crippen molar-refractivity contribution in [3.05, 3.63) is 11.9 Å². The lowest BCUT2D eigenvalue weighted by molar-refractivity contribution is 0.274. The molecule has 0 amide bonds. The Morgan fingerprint density at radius 2 is 2.05 bits per heavy atom. The van der Waals surface area contributed by atoms with Gasteiger partial charge in [0.15, 0.2) is 0 Å². The Kier molecular flexibility index (Phi) is 5.79. The van der Waals surface area contributed by atoms with Gasteiger partial charge in [-0.2, -0.15) is 0 Å². The van der Waals surface area contributed by atoms with Crippen LogP contribution in [0, 0.1) is 11.8 Å². The first kappa shape index (κ1) is 16.0. The minimum Gasteiger partial charge on any atom is -0.370 e. The van der Waals surface area contributed by atoms with Crippen LogP contribution in [0.1, 0.15) is 64.4 Å². The predicted octanol–water partition coefficient (Wildman–Crippen LogP) is 3.51. The van der Waals surface area contributed by atoms with Gasteiger partial charge in [-0.25, -0.2) is 15.8 Å². The Balaban J connectivity index is 1.93. The van der Waals surface area contributed by atoms with E-state index >= 15 is 0 Å². The molecule has 0 aromatic carbocycles. The molecule has 1 heterocycles. The minimum atomic E-state index is 0.328. The molecule has 5 nitrogen and oxygen atoms in total. The third-order valence-electron chi connectivity index (χ3n) is 4.49. The van der Waals surface area contributed by atoms with Crippen molar-refractivity contribution >= 4 is 11.6 Å². The molecular weight excluding hydrogens is 262 g/mol. The molecule has 21 heavy (non-hydrogen) atoms. The van der Waals surface area contributed by atoms with E-state index in [1.165, 1.54) is 32.1 Å². The molecule has 0 saturated heterocycles. The molecule has 2 atom stereocenters. The first-order valence-corrected chi connectivity index (χ1v) is 8.17. The molecule has 1 fully saturated rings. The van der Waals surface area contributed by atoms with Gasteiger partial charge in [0.25, 0.3) is 0 Å². The molecule has 1 aromatic rings. The average molecular weight is 291 g/mol. The maximum absolute atomic E-state index is 5.55. The van der Waals surface area contributed by atoms with Crippen molar-refractivity contribution in [1.82, 2.24) is 9.97 Å². The molecule has 2 rings (SSSR count). The summed E-state index contributed by atoms with van der Waals surface area (Å²) in [5, 5.41) is 3.48. The van der Waals surface area contributed by atoms with Gasteiger partial charge in [0.1, 0.15) is 18.0 Å². The molecule has 1 saturated carbocycles. The third-order valence-corrected chi connectivity index (χ3v) is 4.49. The van der Waals surface area contributed by atoms with Crippen molar-refractivity contribution in [3.63, 3.8) is 0 Å². The van der Waals surface area contributed by atoms with E-state index in [-0.39, 0.29) is 0 Å². The fourth-order valence-corrected chi connectivity index (χ4v) is 3.41. The summed E-state index contributed by atoms with van der Waals surface area (Å²) in [7, 11) is 0. The van der Waals surface area contributed by atoms with Gasteiger partial charge in [0.2, 0.25) is 0 Å². The lowest BCUT2D eigenvalue weighted by Crippen LogP contribution is -2.18. The quantitative estimate of drug-likeness (QED) is 0.552. The largest absolute Gasteiger partial charge is 0.370 e. The van der Waals surface area contributed by atoms with Gasteiger partial charge in [-0.1, -0.05) is 40.0 Å². The van der Waals surface area contributed by atoms with Crippen molar-refractivity contribution < 1.29 is 0 Å². The highest BCUT2D eigenvalue weighted by atomic mass is 15.3.